The van der Waals surface area contributed by atoms with Gasteiger partial charge in [-0.15, -0.1) is 11.3 Å². The van der Waals surface area contributed by atoms with E-state index in [1.807, 2.05) is 25.3 Å². The van der Waals surface area contributed by atoms with Crippen molar-refractivity contribution in [1.29, 1.82) is 0 Å². The lowest BCUT2D eigenvalue weighted by Gasteiger charge is -2.06. The molecular formula is C14H18N2OS. The van der Waals surface area contributed by atoms with Crippen molar-refractivity contribution in [2.75, 3.05) is 0 Å². The fourth-order valence-corrected chi connectivity index (χ4v) is 2.59. The summed E-state index contributed by atoms with van der Waals surface area (Å²) in [5.41, 5.74) is 2.09. The summed E-state index contributed by atoms with van der Waals surface area (Å²) in [5, 5.41) is 14.1. The highest BCUT2D eigenvalue weighted by atomic mass is 32.1. The lowest BCUT2D eigenvalue weighted by atomic mass is 10.1. The zero-order valence-corrected chi connectivity index (χ0v) is 11.5. The van der Waals surface area contributed by atoms with Crippen molar-refractivity contribution in [2.45, 2.75) is 33.4 Å². The van der Waals surface area contributed by atoms with Crippen molar-refractivity contribution in [3.05, 3.63) is 45.4 Å². The number of rotatable bonds is 5. The third-order valence-corrected chi connectivity index (χ3v) is 3.92. The van der Waals surface area contributed by atoms with E-state index in [4.69, 9.17) is 0 Å². The van der Waals surface area contributed by atoms with Crippen LogP contribution >= 0.6 is 11.3 Å². The van der Waals surface area contributed by atoms with E-state index >= 15 is 0 Å². The van der Waals surface area contributed by atoms with E-state index < -0.39 is 0 Å². The molecule has 2 rings (SSSR count). The van der Waals surface area contributed by atoms with E-state index in [0.29, 0.717) is 12.3 Å². The Kier molecular flexibility index (Phi) is 4.33. The number of hydrogen-bond acceptors (Lipinski definition) is 4. The van der Waals surface area contributed by atoms with Gasteiger partial charge in [0.25, 0.3) is 0 Å². The zero-order valence-electron chi connectivity index (χ0n) is 10.7. The summed E-state index contributed by atoms with van der Waals surface area (Å²) in [4.78, 5) is 5.66. The molecule has 0 bridgehead atoms. The first-order valence-electron chi connectivity index (χ1n) is 6.12. The van der Waals surface area contributed by atoms with Gasteiger partial charge in [-0.05, 0) is 19.4 Å². The van der Waals surface area contributed by atoms with Crippen LogP contribution in [0, 0.1) is 6.92 Å². The number of phenolic OH excluding ortho intramolecular Hbond substituents is 1. The number of phenols is 1. The summed E-state index contributed by atoms with van der Waals surface area (Å²) in [6, 6.07) is 5.65. The molecule has 1 aromatic heterocycles. The Balaban J connectivity index is 1.90. The lowest BCUT2D eigenvalue weighted by molar-refractivity contribution is 0.464. The fraction of sp³-hybridized carbons (Fsp3) is 0.357. The van der Waals surface area contributed by atoms with Gasteiger partial charge in [-0.1, -0.05) is 24.6 Å². The van der Waals surface area contributed by atoms with Crippen LogP contribution in [0.2, 0.25) is 0 Å². The Morgan fingerprint density at radius 3 is 2.89 bits per heavy atom. The first-order chi connectivity index (χ1) is 8.69. The minimum atomic E-state index is 0.349. The lowest BCUT2D eigenvalue weighted by Crippen LogP contribution is -2.12. The van der Waals surface area contributed by atoms with E-state index in [1.165, 1.54) is 4.88 Å². The number of benzene rings is 1. The van der Waals surface area contributed by atoms with Gasteiger partial charge >= 0.3 is 0 Å². The standard InChI is InChI=1S/C14H18N2OS/c1-3-12-8-16-14(18-12)9-15-7-11-6-10(2)4-5-13(11)17/h4-6,8,15,17H,3,7,9H2,1-2H3. The summed E-state index contributed by atoms with van der Waals surface area (Å²) in [7, 11) is 0. The van der Waals surface area contributed by atoms with Crippen LogP contribution in [0.15, 0.2) is 24.4 Å². The summed E-state index contributed by atoms with van der Waals surface area (Å²) < 4.78 is 0. The largest absolute Gasteiger partial charge is 0.508 e. The maximum Gasteiger partial charge on any atom is 0.120 e. The first-order valence-corrected chi connectivity index (χ1v) is 6.93. The molecule has 0 saturated carbocycles. The number of aromatic hydroxyl groups is 1. The molecule has 3 nitrogen and oxygen atoms in total. The van der Waals surface area contributed by atoms with Crippen molar-refractivity contribution >= 4 is 11.3 Å². The molecule has 1 aromatic carbocycles. The minimum absolute atomic E-state index is 0.349. The van der Waals surface area contributed by atoms with Crippen LogP contribution in [-0.2, 0) is 19.5 Å². The predicted molar refractivity (Wildman–Crippen MR) is 74.9 cm³/mol. The number of thiazole rings is 1. The molecular weight excluding hydrogens is 244 g/mol. The Hall–Kier alpha value is -1.39. The molecule has 0 aliphatic rings. The van der Waals surface area contributed by atoms with Crippen LogP contribution in [0.5, 0.6) is 5.75 Å². The third kappa shape index (κ3) is 3.31. The molecule has 0 spiro atoms. The number of nitrogens with one attached hydrogen (secondary N) is 1. The Morgan fingerprint density at radius 1 is 1.33 bits per heavy atom. The quantitative estimate of drug-likeness (QED) is 0.870. The number of nitrogens with zero attached hydrogens (tertiary/aromatic N) is 1. The van der Waals surface area contributed by atoms with E-state index in [-0.39, 0.29) is 0 Å². The predicted octanol–water partition coefficient (Wildman–Crippen LogP) is 3.01. The molecule has 2 N–H and O–H groups in total. The van der Waals surface area contributed by atoms with Crippen LogP contribution in [0.25, 0.3) is 0 Å². The average molecular weight is 262 g/mol. The topological polar surface area (TPSA) is 45.2 Å². The molecule has 0 saturated heterocycles. The molecule has 0 aliphatic carbocycles. The van der Waals surface area contributed by atoms with Crippen LogP contribution < -0.4 is 5.32 Å². The van der Waals surface area contributed by atoms with E-state index in [2.05, 4.69) is 17.2 Å². The van der Waals surface area contributed by atoms with Crippen molar-refractivity contribution in [3.63, 3.8) is 0 Å². The highest BCUT2D eigenvalue weighted by molar-refractivity contribution is 7.11. The highest BCUT2D eigenvalue weighted by Crippen LogP contribution is 2.18. The number of aryl methyl sites for hydroxylation is 2. The molecule has 96 valence electrons. The van der Waals surface area contributed by atoms with E-state index in [1.54, 1.807) is 17.4 Å². The molecule has 1 heterocycles. The Bertz CT molecular complexity index is 522. The smallest absolute Gasteiger partial charge is 0.120 e. The van der Waals surface area contributed by atoms with Gasteiger partial charge in [-0.3, -0.25) is 0 Å². The molecule has 0 atom stereocenters. The molecule has 0 fully saturated rings. The van der Waals surface area contributed by atoms with Crippen LogP contribution in [0.4, 0.5) is 0 Å². The summed E-state index contributed by atoms with van der Waals surface area (Å²) in [6.45, 7) is 5.57. The van der Waals surface area contributed by atoms with E-state index in [9.17, 15) is 5.11 Å². The summed E-state index contributed by atoms with van der Waals surface area (Å²) >= 11 is 1.74. The Morgan fingerprint density at radius 2 is 2.17 bits per heavy atom. The van der Waals surface area contributed by atoms with E-state index in [0.717, 1.165) is 29.1 Å². The zero-order chi connectivity index (χ0) is 13.0. The normalized spacial score (nSPS) is 10.8. The van der Waals surface area contributed by atoms with Gasteiger partial charge in [0.1, 0.15) is 10.8 Å². The fourth-order valence-electron chi connectivity index (χ4n) is 1.75. The SMILES string of the molecule is CCc1cnc(CNCc2cc(C)ccc2O)s1. The van der Waals surface area contributed by atoms with Gasteiger partial charge in [0, 0.05) is 29.7 Å². The molecule has 4 heteroatoms. The third-order valence-electron chi connectivity index (χ3n) is 2.78. The van der Waals surface area contributed by atoms with Gasteiger partial charge in [-0.2, -0.15) is 0 Å². The number of hydrogen-bond donors (Lipinski definition) is 2. The second kappa shape index (κ2) is 5.98. The van der Waals surface area contributed by atoms with Gasteiger partial charge in [0.15, 0.2) is 0 Å². The minimum Gasteiger partial charge on any atom is -0.508 e. The molecule has 0 aliphatic heterocycles. The summed E-state index contributed by atoms with van der Waals surface area (Å²) in [5.74, 6) is 0.349. The Labute approximate surface area is 112 Å². The molecule has 0 unspecified atom stereocenters. The molecule has 0 amide bonds. The van der Waals surface area contributed by atoms with Crippen molar-refractivity contribution in [2.24, 2.45) is 0 Å². The van der Waals surface area contributed by atoms with Gasteiger partial charge < -0.3 is 10.4 Å². The van der Waals surface area contributed by atoms with Crippen LogP contribution in [0.3, 0.4) is 0 Å². The van der Waals surface area contributed by atoms with Crippen molar-refractivity contribution in [1.82, 2.24) is 10.3 Å². The monoisotopic (exact) mass is 262 g/mol. The van der Waals surface area contributed by atoms with Crippen LogP contribution in [0.1, 0.15) is 27.9 Å². The second-order valence-corrected chi connectivity index (χ2v) is 5.51. The second-order valence-electron chi connectivity index (χ2n) is 4.31. The highest BCUT2D eigenvalue weighted by Gasteiger charge is 2.03. The maximum absolute atomic E-state index is 9.72. The van der Waals surface area contributed by atoms with Crippen molar-refractivity contribution in [3.8, 4) is 5.75 Å². The van der Waals surface area contributed by atoms with Gasteiger partial charge in [0.05, 0.1) is 0 Å². The van der Waals surface area contributed by atoms with Crippen LogP contribution in [-0.4, -0.2) is 10.1 Å². The maximum atomic E-state index is 9.72. The average Bonchev–Trinajstić information content (AvgIpc) is 2.81. The molecule has 2 aromatic rings. The molecule has 18 heavy (non-hydrogen) atoms. The van der Waals surface area contributed by atoms with Crippen molar-refractivity contribution < 1.29 is 5.11 Å². The summed E-state index contributed by atoms with van der Waals surface area (Å²) in [6.07, 6.45) is 2.97. The first kappa shape index (κ1) is 13.1. The van der Waals surface area contributed by atoms with Gasteiger partial charge in [0.2, 0.25) is 0 Å². The molecule has 0 radical (unpaired) electrons. The number of aromatic nitrogens is 1. The van der Waals surface area contributed by atoms with Gasteiger partial charge in [-0.25, -0.2) is 4.98 Å².